The second-order valence-corrected chi connectivity index (χ2v) is 4.26. The molecule has 0 aliphatic rings. The van der Waals surface area contributed by atoms with Crippen LogP contribution in [-0.2, 0) is 9.53 Å². The number of rotatable bonds is 7. The molecular formula is C14H21NO4. The lowest BCUT2D eigenvalue weighted by atomic mass is 10.0. The van der Waals surface area contributed by atoms with Gasteiger partial charge in [-0.05, 0) is 24.1 Å². The molecule has 0 spiro atoms. The Morgan fingerprint density at radius 3 is 2.53 bits per heavy atom. The predicted octanol–water partition coefficient (Wildman–Crippen LogP) is 1.40. The van der Waals surface area contributed by atoms with Crippen molar-refractivity contribution in [3.05, 3.63) is 29.8 Å². The van der Waals surface area contributed by atoms with Crippen LogP contribution in [0.5, 0.6) is 5.75 Å². The predicted molar refractivity (Wildman–Crippen MR) is 71.8 cm³/mol. The quantitative estimate of drug-likeness (QED) is 0.576. The van der Waals surface area contributed by atoms with Crippen molar-refractivity contribution < 1.29 is 19.4 Å². The van der Waals surface area contributed by atoms with Gasteiger partial charge < -0.3 is 20.3 Å². The fourth-order valence-corrected chi connectivity index (χ4v) is 1.55. The zero-order valence-corrected chi connectivity index (χ0v) is 11.3. The van der Waals surface area contributed by atoms with Gasteiger partial charge in [0.25, 0.3) is 0 Å². The van der Waals surface area contributed by atoms with Gasteiger partial charge in [-0.15, -0.1) is 0 Å². The highest BCUT2D eigenvalue weighted by molar-refractivity contribution is 5.76. The number of hydrogen-bond donors (Lipinski definition) is 2. The first-order valence-corrected chi connectivity index (χ1v) is 6.34. The molecule has 0 aliphatic heterocycles. The molecule has 0 aromatic heterocycles. The van der Waals surface area contributed by atoms with E-state index in [1.807, 2.05) is 6.92 Å². The van der Waals surface area contributed by atoms with Crippen LogP contribution in [0.3, 0.4) is 0 Å². The topological polar surface area (TPSA) is 81.8 Å². The van der Waals surface area contributed by atoms with Crippen molar-refractivity contribution in [1.29, 1.82) is 0 Å². The van der Waals surface area contributed by atoms with Crippen LogP contribution in [-0.4, -0.2) is 30.8 Å². The molecule has 0 saturated carbocycles. The number of aliphatic hydroxyl groups excluding tert-OH is 1. The van der Waals surface area contributed by atoms with E-state index < -0.39 is 18.1 Å². The normalized spacial score (nSPS) is 13.7. The molecule has 2 atom stereocenters. The Kier molecular flexibility index (Phi) is 6.32. The summed E-state index contributed by atoms with van der Waals surface area (Å²) in [6.45, 7) is 2.33. The lowest BCUT2D eigenvalue weighted by molar-refractivity contribution is -0.148. The van der Waals surface area contributed by atoms with Crippen molar-refractivity contribution in [2.45, 2.75) is 31.9 Å². The van der Waals surface area contributed by atoms with Gasteiger partial charge >= 0.3 is 5.97 Å². The fourth-order valence-electron chi connectivity index (χ4n) is 1.55. The molecular weight excluding hydrogens is 246 g/mol. The van der Waals surface area contributed by atoms with E-state index in [9.17, 15) is 9.90 Å². The number of esters is 1. The van der Waals surface area contributed by atoms with E-state index >= 15 is 0 Å². The van der Waals surface area contributed by atoms with Crippen LogP contribution in [0, 0.1) is 0 Å². The summed E-state index contributed by atoms with van der Waals surface area (Å²) in [4.78, 5) is 11.6. The van der Waals surface area contributed by atoms with Crippen molar-refractivity contribution in [1.82, 2.24) is 0 Å². The van der Waals surface area contributed by atoms with Crippen LogP contribution in [0.1, 0.15) is 31.4 Å². The average Bonchev–Trinajstić information content (AvgIpc) is 2.46. The van der Waals surface area contributed by atoms with Gasteiger partial charge in [-0.1, -0.05) is 25.5 Å². The van der Waals surface area contributed by atoms with E-state index in [0.717, 1.165) is 12.8 Å². The van der Waals surface area contributed by atoms with Crippen molar-refractivity contribution in [2.24, 2.45) is 5.73 Å². The summed E-state index contributed by atoms with van der Waals surface area (Å²) >= 11 is 0. The molecule has 5 heteroatoms. The minimum atomic E-state index is -1.08. The average molecular weight is 267 g/mol. The first-order chi connectivity index (χ1) is 9.10. The maximum absolute atomic E-state index is 11.6. The zero-order valence-electron chi connectivity index (χ0n) is 11.3. The molecule has 5 nitrogen and oxygen atoms in total. The molecule has 19 heavy (non-hydrogen) atoms. The minimum absolute atomic E-state index is 0.332. The largest absolute Gasteiger partial charge is 0.497 e. The Morgan fingerprint density at radius 2 is 2.00 bits per heavy atom. The minimum Gasteiger partial charge on any atom is -0.497 e. The molecule has 1 aromatic carbocycles. The van der Waals surface area contributed by atoms with Crippen LogP contribution in [0.25, 0.3) is 0 Å². The fraction of sp³-hybridized carbons (Fsp3) is 0.500. The van der Waals surface area contributed by atoms with Gasteiger partial charge in [-0.3, -0.25) is 4.79 Å². The molecule has 0 aliphatic carbocycles. The Balaban J connectivity index is 2.59. The molecule has 1 rings (SSSR count). The number of benzene rings is 1. The number of nitrogens with two attached hydrogens (primary N) is 1. The molecule has 0 amide bonds. The summed E-state index contributed by atoms with van der Waals surface area (Å²) in [5.41, 5.74) is 6.25. The lowest BCUT2D eigenvalue weighted by Gasteiger charge is -2.18. The van der Waals surface area contributed by atoms with Crippen molar-refractivity contribution in [2.75, 3.05) is 13.7 Å². The Bertz CT molecular complexity index is 391. The molecule has 106 valence electrons. The van der Waals surface area contributed by atoms with Crippen LogP contribution in [0.4, 0.5) is 0 Å². The molecule has 0 fully saturated rings. The summed E-state index contributed by atoms with van der Waals surface area (Å²) in [6, 6.07) is 5.66. The summed E-state index contributed by atoms with van der Waals surface area (Å²) in [7, 11) is 1.56. The number of methoxy groups -OCH3 is 1. The van der Waals surface area contributed by atoms with E-state index in [1.165, 1.54) is 0 Å². The third-order valence-electron chi connectivity index (χ3n) is 2.81. The number of ether oxygens (including phenoxy) is 2. The van der Waals surface area contributed by atoms with Gasteiger partial charge in [0.15, 0.2) is 0 Å². The molecule has 3 N–H and O–H groups in total. The third-order valence-corrected chi connectivity index (χ3v) is 2.81. The molecule has 0 bridgehead atoms. The highest BCUT2D eigenvalue weighted by atomic mass is 16.5. The van der Waals surface area contributed by atoms with E-state index in [4.69, 9.17) is 15.2 Å². The van der Waals surface area contributed by atoms with Crippen LogP contribution >= 0.6 is 0 Å². The number of aliphatic hydroxyl groups is 1. The van der Waals surface area contributed by atoms with Crippen molar-refractivity contribution >= 4 is 5.97 Å². The molecule has 0 saturated heterocycles. The first kappa shape index (κ1) is 15.5. The number of carbonyl (C=O) groups is 1. The number of unbranched alkanes of at least 4 members (excludes halogenated alkanes) is 1. The van der Waals surface area contributed by atoms with Crippen molar-refractivity contribution in [3.8, 4) is 5.75 Å². The van der Waals surface area contributed by atoms with Gasteiger partial charge in [0.2, 0.25) is 0 Å². The van der Waals surface area contributed by atoms with Gasteiger partial charge in [0.05, 0.1) is 13.7 Å². The Labute approximate surface area is 113 Å². The van der Waals surface area contributed by atoms with E-state index in [2.05, 4.69) is 0 Å². The van der Waals surface area contributed by atoms with Gasteiger partial charge in [0.1, 0.15) is 17.9 Å². The first-order valence-electron chi connectivity index (χ1n) is 6.34. The highest BCUT2D eigenvalue weighted by Gasteiger charge is 2.25. The maximum atomic E-state index is 11.6. The van der Waals surface area contributed by atoms with Gasteiger partial charge in [-0.2, -0.15) is 0 Å². The Hall–Kier alpha value is -1.59. The third kappa shape index (κ3) is 4.54. The number of carbonyl (C=O) groups excluding carboxylic acids is 1. The zero-order chi connectivity index (χ0) is 14.3. The second-order valence-electron chi connectivity index (χ2n) is 4.26. The smallest absolute Gasteiger partial charge is 0.325 e. The van der Waals surface area contributed by atoms with Gasteiger partial charge in [0, 0.05) is 0 Å². The van der Waals surface area contributed by atoms with E-state index in [-0.39, 0.29) is 0 Å². The monoisotopic (exact) mass is 267 g/mol. The summed E-state index contributed by atoms with van der Waals surface area (Å²) in [5.74, 6) is 0.0896. The second kappa shape index (κ2) is 7.76. The molecule has 0 radical (unpaired) electrons. The van der Waals surface area contributed by atoms with E-state index in [0.29, 0.717) is 17.9 Å². The van der Waals surface area contributed by atoms with E-state index in [1.54, 1.807) is 31.4 Å². The Morgan fingerprint density at radius 1 is 1.37 bits per heavy atom. The number of hydrogen-bond acceptors (Lipinski definition) is 5. The molecule has 0 heterocycles. The highest BCUT2D eigenvalue weighted by Crippen LogP contribution is 2.20. The molecule has 0 unspecified atom stereocenters. The van der Waals surface area contributed by atoms with Crippen LogP contribution in [0.15, 0.2) is 24.3 Å². The molecule has 1 aromatic rings. The maximum Gasteiger partial charge on any atom is 0.325 e. The van der Waals surface area contributed by atoms with Crippen LogP contribution in [0.2, 0.25) is 0 Å². The standard InChI is InChI=1S/C14H21NO4/c1-3-4-9-19-14(17)12(15)13(16)10-5-7-11(18-2)8-6-10/h5-8,12-13,16H,3-4,9,15H2,1-2H3/t12-,13+/m0/s1. The summed E-state index contributed by atoms with van der Waals surface area (Å²) in [5, 5.41) is 10.0. The van der Waals surface area contributed by atoms with Crippen LogP contribution < -0.4 is 10.5 Å². The lowest BCUT2D eigenvalue weighted by Crippen LogP contribution is -2.38. The summed E-state index contributed by atoms with van der Waals surface area (Å²) in [6.07, 6.45) is 0.640. The van der Waals surface area contributed by atoms with Gasteiger partial charge in [-0.25, -0.2) is 0 Å². The van der Waals surface area contributed by atoms with Crippen molar-refractivity contribution in [3.63, 3.8) is 0 Å². The summed E-state index contributed by atoms with van der Waals surface area (Å²) < 4.78 is 10.0. The SMILES string of the molecule is CCCCOC(=O)[C@@H](N)[C@H](O)c1ccc(OC)cc1.